The van der Waals surface area contributed by atoms with Gasteiger partial charge in [0, 0.05) is 11.7 Å². The molecule has 0 radical (unpaired) electrons. The maximum Gasteiger partial charge on any atom is 0.307 e. The minimum absolute atomic E-state index is 0.0192. The van der Waals surface area contributed by atoms with E-state index in [4.69, 9.17) is 4.74 Å². The Hall–Kier alpha value is -3.54. The molecule has 184 valence electrons. The average Bonchev–Trinajstić information content (AvgIpc) is 3.57. The number of anilines is 1. The number of carboxylic acids is 1. The Balaban J connectivity index is 1.52. The first-order valence-corrected chi connectivity index (χ1v) is 12.4. The Bertz CT molecular complexity index is 1180. The molecule has 4 rings (SSSR count). The highest BCUT2D eigenvalue weighted by molar-refractivity contribution is 6.04. The van der Waals surface area contributed by atoms with Crippen LogP contribution in [0.15, 0.2) is 60.7 Å². The number of benzene rings is 2. The van der Waals surface area contributed by atoms with Crippen LogP contribution in [0.3, 0.4) is 0 Å². The topological polar surface area (TPSA) is 80.6 Å². The van der Waals surface area contributed by atoms with Crippen LogP contribution in [-0.4, -0.2) is 28.7 Å². The van der Waals surface area contributed by atoms with E-state index in [-0.39, 0.29) is 23.8 Å². The van der Waals surface area contributed by atoms with Crippen LogP contribution in [-0.2, 0) is 17.6 Å². The first-order valence-electron chi connectivity index (χ1n) is 12.4. The molecule has 1 saturated carbocycles. The van der Waals surface area contributed by atoms with Gasteiger partial charge in [-0.3, -0.25) is 9.59 Å². The average molecular weight is 475 g/mol. The summed E-state index contributed by atoms with van der Waals surface area (Å²) in [5.74, 6) is -0.787. The maximum atomic E-state index is 13.4. The standard InChI is InChI=1S/C29H34N2O4/c1-4-19(2)31-22(12-8-11-20-9-6-5-7-10-20)14-15-26(31)28(32)30-25-17-21(13-16-27(25)35-3)23-18-24(23)29(33)34/h5-7,9-10,13-17,19,23-24H,4,8,11-12,18H2,1-3H3,(H,30,32)(H,33,34)/t19?,23-,24-/m1/s1. The fourth-order valence-electron chi connectivity index (χ4n) is 4.78. The van der Waals surface area contributed by atoms with Gasteiger partial charge in [0.25, 0.3) is 5.91 Å². The molecule has 3 aromatic rings. The Morgan fingerprint density at radius 2 is 1.89 bits per heavy atom. The second kappa shape index (κ2) is 10.8. The summed E-state index contributed by atoms with van der Waals surface area (Å²) in [7, 11) is 1.56. The third-order valence-electron chi connectivity index (χ3n) is 7.02. The van der Waals surface area contributed by atoms with Gasteiger partial charge < -0.3 is 19.7 Å². The number of nitrogens with one attached hydrogen (secondary N) is 1. The number of carbonyl (C=O) groups is 2. The largest absolute Gasteiger partial charge is 0.495 e. The van der Waals surface area contributed by atoms with Gasteiger partial charge in [0.2, 0.25) is 0 Å². The number of aryl methyl sites for hydroxylation is 2. The lowest BCUT2D eigenvalue weighted by Crippen LogP contribution is -2.21. The highest BCUT2D eigenvalue weighted by Gasteiger charge is 2.44. The van der Waals surface area contributed by atoms with Crippen molar-refractivity contribution in [2.75, 3.05) is 12.4 Å². The zero-order valence-electron chi connectivity index (χ0n) is 20.7. The third kappa shape index (κ3) is 5.59. The third-order valence-corrected chi connectivity index (χ3v) is 7.02. The van der Waals surface area contributed by atoms with Crippen LogP contribution in [0.1, 0.15) is 72.4 Å². The molecule has 3 atom stereocenters. The SMILES string of the molecule is CCC(C)n1c(CCCc2ccccc2)ccc1C(=O)Nc1cc([C@H]2C[C@H]2C(=O)O)ccc1OC. The first kappa shape index (κ1) is 24.6. The van der Waals surface area contributed by atoms with Crippen molar-refractivity contribution in [3.05, 3.63) is 83.2 Å². The molecule has 0 spiro atoms. The normalized spacial score (nSPS) is 17.6. The Kier molecular flexibility index (Phi) is 7.59. The summed E-state index contributed by atoms with van der Waals surface area (Å²) in [6.07, 6.45) is 4.43. The number of ether oxygens (including phenoxy) is 1. The first-order chi connectivity index (χ1) is 16.9. The summed E-state index contributed by atoms with van der Waals surface area (Å²) in [4.78, 5) is 24.7. The number of hydrogen-bond acceptors (Lipinski definition) is 3. The van der Waals surface area contributed by atoms with E-state index in [0.717, 1.165) is 36.9 Å². The molecule has 1 aliphatic rings. The fourth-order valence-corrected chi connectivity index (χ4v) is 4.78. The van der Waals surface area contributed by atoms with Crippen molar-refractivity contribution >= 4 is 17.6 Å². The monoisotopic (exact) mass is 474 g/mol. The molecule has 1 fully saturated rings. The lowest BCUT2D eigenvalue weighted by molar-refractivity contribution is -0.138. The minimum atomic E-state index is -0.775. The molecule has 0 aliphatic heterocycles. The molecule has 1 amide bonds. The van der Waals surface area contributed by atoms with Crippen molar-refractivity contribution in [1.82, 2.24) is 4.57 Å². The molecule has 0 bridgehead atoms. The van der Waals surface area contributed by atoms with Gasteiger partial charge in [0.15, 0.2) is 0 Å². The highest BCUT2D eigenvalue weighted by atomic mass is 16.5. The number of aliphatic carboxylic acids is 1. The van der Waals surface area contributed by atoms with Crippen molar-refractivity contribution in [2.24, 2.45) is 5.92 Å². The summed E-state index contributed by atoms with van der Waals surface area (Å²) in [5.41, 5.74) is 4.57. The summed E-state index contributed by atoms with van der Waals surface area (Å²) >= 11 is 0. The van der Waals surface area contributed by atoms with Gasteiger partial charge in [-0.15, -0.1) is 0 Å². The molecule has 35 heavy (non-hydrogen) atoms. The van der Waals surface area contributed by atoms with Crippen molar-refractivity contribution in [1.29, 1.82) is 0 Å². The molecule has 0 saturated heterocycles. The van der Waals surface area contributed by atoms with Crippen molar-refractivity contribution in [3.8, 4) is 5.75 Å². The van der Waals surface area contributed by atoms with Crippen molar-refractivity contribution < 1.29 is 19.4 Å². The van der Waals surface area contributed by atoms with Gasteiger partial charge in [0.1, 0.15) is 11.4 Å². The second-order valence-corrected chi connectivity index (χ2v) is 9.38. The minimum Gasteiger partial charge on any atom is -0.495 e. The zero-order valence-corrected chi connectivity index (χ0v) is 20.7. The summed E-state index contributed by atoms with van der Waals surface area (Å²) in [5, 5.41) is 12.3. The molecule has 1 unspecified atom stereocenters. The predicted octanol–water partition coefficient (Wildman–Crippen LogP) is 6.08. The zero-order chi connectivity index (χ0) is 24.9. The van der Waals surface area contributed by atoms with Crippen molar-refractivity contribution in [2.45, 2.75) is 57.9 Å². The Labute approximate surface area is 206 Å². The van der Waals surface area contributed by atoms with E-state index in [9.17, 15) is 14.7 Å². The fraction of sp³-hybridized carbons (Fsp3) is 0.379. The molecular formula is C29H34N2O4. The Morgan fingerprint density at radius 1 is 1.11 bits per heavy atom. The van der Waals surface area contributed by atoms with E-state index in [2.05, 4.69) is 54.1 Å². The number of methoxy groups -OCH3 is 1. The van der Waals surface area contributed by atoms with Crippen molar-refractivity contribution in [3.63, 3.8) is 0 Å². The van der Waals surface area contributed by atoms with Crippen LogP contribution < -0.4 is 10.1 Å². The lowest BCUT2D eigenvalue weighted by Gasteiger charge is -2.20. The molecule has 1 aliphatic carbocycles. The van der Waals surface area contributed by atoms with E-state index in [1.54, 1.807) is 13.2 Å². The van der Waals surface area contributed by atoms with Crippen LogP contribution in [0.4, 0.5) is 5.69 Å². The van der Waals surface area contributed by atoms with Gasteiger partial charge >= 0.3 is 5.97 Å². The summed E-state index contributed by atoms with van der Waals surface area (Å²) in [6.45, 7) is 4.26. The number of nitrogens with zero attached hydrogens (tertiary/aromatic N) is 1. The van der Waals surface area contributed by atoms with E-state index >= 15 is 0 Å². The molecule has 6 heteroatoms. The number of carbonyl (C=O) groups excluding carboxylic acids is 1. The number of carboxylic acid groups (broad SMARTS) is 1. The number of hydrogen-bond donors (Lipinski definition) is 2. The molecule has 1 heterocycles. The van der Waals surface area contributed by atoms with Crippen LogP contribution in [0.2, 0.25) is 0 Å². The molecular weight excluding hydrogens is 440 g/mol. The molecule has 2 N–H and O–H groups in total. The van der Waals surface area contributed by atoms with Crippen LogP contribution >= 0.6 is 0 Å². The number of rotatable bonds is 11. The van der Waals surface area contributed by atoms with E-state index < -0.39 is 5.97 Å². The van der Waals surface area contributed by atoms with Gasteiger partial charge in [-0.05, 0) is 80.3 Å². The summed E-state index contributed by atoms with van der Waals surface area (Å²) < 4.78 is 7.62. The smallest absolute Gasteiger partial charge is 0.307 e. The maximum absolute atomic E-state index is 13.4. The number of amides is 1. The van der Waals surface area contributed by atoms with Crippen LogP contribution in [0, 0.1) is 5.92 Å². The van der Waals surface area contributed by atoms with E-state index in [1.165, 1.54) is 5.56 Å². The van der Waals surface area contributed by atoms with E-state index in [1.807, 2.05) is 24.3 Å². The molecule has 1 aromatic heterocycles. The number of aromatic nitrogens is 1. The van der Waals surface area contributed by atoms with E-state index in [0.29, 0.717) is 23.6 Å². The second-order valence-electron chi connectivity index (χ2n) is 9.38. The Morgan fingerprint density at radius 3 is 2.54 bits per heavy atom. The molecule has 2 aromatic carbocycles. The predicted molar refractivity (Wildman–Crippen MR) is 137 cm³/mol. The van der Waals surface area contributed by atoms with Gasteiger partial charge in [-0.25, -0.2) is 0 Å². The lowest BCUT2D eigenvalue weighted by atomic mass is 10.1. The van der Waals surface area contributed by atoms with Gasteiger partial charge in [-0.1, -0.05) is 43.3 Å². The quantitative estimate of drug-likeness (QED) is 0.353. The highest BCUT2D eigenvalue weighted by Crippen LogP contribution is 2.48. The van der Waals surface area contributed by atoms with Gasteiger partial charge in [0.05, 0.1) is 18.7 Å². The molecule has 6 nitrogen and oxygen atoms in total. The van der Waals surface area contributed by atoms with Crippen LogP contribution in [0.25, 0.3) is 0 Å². The van der Waals surface area contributed by atoms with Crippen LogP contribution in [0.5, 0.6) is 5.75 Å². The summed E-state index contributed by atoms with van der Waals surface area (Å²) in [6, 6.07) is 20.1. The van der Waals surface area contributed by atoms with Gasteiger partial charge in [-0.2, -0.15) is 0 Å².